The van der Waals surface area contributed by atoms with Crippen molar-refractivity contribution in [1.29, 1.82) is 0 Å². The van der Waals surface area contributed by atoms with Crippen molar-refractivity contribution in [2.45, 2.75) is 13.8 Å². The molecule has 1 N–H and O–H groups in total. The van der Waals surface area contributed by atoms with Crippen molar-refractivity contribution in [2.24, 2.45) is 11.0 Å². The summed E-state index contributed by atoms with van der Waals surface area (Å²) in [4.78, 5) is 0. The highest BCUT2D eigenvalue weighted by Crippen LogP contribution is 2.00. The molecule has 0 saturated carbocycles. The molecule has 1 aliphatic rings. The van der Waals surface area contributed by atoms with Crippen LogP contribution in [0.3, 0.4) is 0 Å². The number of rotatable bonds is 0. The third kappa shape index (κ3) is 3.03. The predicted octanol–water partition coefficient (Wildman–Crippen LogP) is 1.71. The molecule has 0 fully saturated rings. The zero-order valence-electron chi connectivity index (χ0n) is 7.04. The lowest BCUT2D eigenvalue weighted by Crippen LogP contribution is -2.05. The van der Waals surface area contributed by atoms with Crippen molar-refractivity contribution in [3.05, 3.63) is 23.8 Å². The SMILES string of the molecule is CC1=C/CN/N=C\C(C)/C=C\1. The maximum Gasteiger partial charge on any atom is 0.0515 e. The third-order valence-electron chi connectivity index (χ3n) is 1.58. The summed E-state index contributed by atoms with van der Waals surface area (Å²) < 4.78 is 0. The van der Waals surface area contributed by atoms with E-state index in [1.165, 1.54) is 5.57 Å². The van der Waals surface area contributed by atoms with Crippen molar-refractivity contribution in [3.8, 4) is 0 Å². The zero-order chi connectivity index (χ0) is 8.10. The largest absolute Gasteiger partial charge is 0.307 e. The second-order valence-electron chi connectivity index (χ2n) is 2.81. The van der Waals surface area contributed by atoms with Gasteiger partial charge in [-0.25, -0.2) is 0 Å². The molecule has 0 aromatic heterocycles. The molecule has 1 unspecified atom stereocenters. The minimum atomic E-state index is 0.420. The van der Waals surface area contributed by atoms with E-state index in [0.717, 1.165) is 6.54 Å². The van der Waals surface area contributed by atoms with E-state index >= 15 is 0 Å². The van der Waals surface area contributed by atoms with Crippen molar-refractivity contribution < 1.29 is 0 Å². The maximum absolute atomic E-state index is 4.04. The second-order valence-corrected chi connectivity index (χ2v) is 2.81. The van der Waals surface area contributed by atoms with Gasteiger partial charge in [0.1, 0.15) is 0 Å². The molecule has 0 bridgehead atoms. The number of hydrazone groups is 1. The first-order chi connectivity index (χ1) is 5.29. The number of hydrogen-bond donors (Lipinski definition) is 1. The lowest BCUT2D eigenvalue weighted by Gasteiger charge is -1.94. The number of nitrogens with zero attached hydrogens (tertiary/aromatic N) is 1. The van der Waals surface area contributed by atoms with Crippen molar-refractivity contribution in [3.63, 3.8) is 0 Å². The third-order valence-corrected chi connectivity index (χ3v) is 1.58. The molecule has 0 saturated heterocycles. The standard InChI is InChI=1S/C9H14N2/c1-8-3-4-9(2)7-11-10-6-5-8/h3-5,7,9-10H,6H2,1-2H3/b4-3-,8-5-,11-7-. The molecular weight excluding hydrogens is 136 g/mol. The maximum atomic E-state index is 4.04. The molecule has 1 atom stereocenters. The fourth-order valence-electron chi connectivity index (χ4n) is 0.851. The van der Waals surface area contributed by atoms with E-state index in [4.69, 9.17) is 0 Å². The molecule has 2 nitrogen and oxygen atoms in total. The first kappa shape index (κ1) is 8.05. The molecule has 11 heavy (non-hydrogen) atoms. The van der Waals surface area contributed by atoms with E-state index < -0.39 is 0 Å². The monoisotopic (exact) mass is 150 g/mol. The van der Waals surface area contributed by atoms with E-state index in [1.807, 2.05) is 6.21 Å². The van der Waals surface area contributed by atoms with Crippen LogP contribution < -0.4 is 5.43 Å². The summed E-state index contributed by atoms with van der Waals surface area (Å²) in [6, 6.07) is 0. The number of hydrogen-bond acceptors (Lipinski definition) is 2. The van der Waals surface area contributed by atoms with Crippen LogP contribution in [-0.2, 0) is 0 Å². The van der Waals surface area contributed by atoms with Crippen LogP contribution in [0.1, 0.15) is 13.8 Å². The van der Waals surface area contributed by atoms with Gasteiger partial charge in [0.15, 0.2) is 0 Å². The van der Waals surface area contributed by atoms with Crippen LogP contribution in [0.4, 0.5) is 0 Å². The normalized spacial score (nSPS) is 35.1. The van der Waals surface area contributed by atoms with E-state index in [-0.39, 0.29) is 0 Å². The van der Waals surface area contributed by atoms with Gasteiger partial charge in [-0.1, -0.05) is 30.7 Å². The lowest BCUT2D eigenvalue weighted by molar-refractivity contribution is 0.817. The lowest BCUT2D eigenvalue weighted by atomic mass is 10.1. The van der Waals surface area contributed by atoms with E-state index in [1.54, 1.807) is 0 Å². The van der Waals surface area contributed by atoms with Crippen LogP contribution in [0.5, 0.6) is 0 Å². The van der Waals surface area contributed by atoms with Gasteiger partial charge in [0.25, 0.3) is 0 Å². The Bertz CT molecular complexity index is 202. The predicted molar refractivity (Wildman–Crippen MR) is 48.6 cm³/mol. The molecule has 0 spiro atoms. The topological polar surface area (TPSA) is 24.4 Å². The van der Waals surface area contributed by atoms with E-state index in [2.05, 4.69) is 42.6 Å². The second kappa shape index (κ2) is 3.96. The quantitative estimate of drug-likeness (QED) is 0.558. The Morgan fingerprint density at radius 1 is 1.64 bits per heavy atom. The number of allylic oxidation sites excluding steroid dienone is 3. The van der Waals surface area contributed by atoms with Crippen LogP contribution in [0.25, 0.3) is 0 Å². The van der Waals surface area contributed by atoms with Gasteiger partial charge in [0, 0.05) is 12.1 Å². The number of nitrogens with one attached hydrogen (secondary N) is 1. The molecule has 1 heterocycles. The molecule has 0 aromatic rings. The Balaban J connectivity index is 2.66. The Kier molecular flexibility index (Phi) is 2.90. The zero-order valence-corrected chi connectivity index (χ0v) is 7.04. The van der Waals surface area contributed by atoms with Crippen molar-refractivity contribution >= 4 is 6.21 Å². The average Bonchev–Trinajstić information content (AvgIpc) is 2.06. The average molecular weight is 150 g/mol. The van der Waals surface area contributed by atoms with Gasteiger partial charge in [0.2, 0.25) is 0 Å². The molecule has 0 amide bonds. The van der Waals surface area contributed by atoms with E-state index in [9.17, 15) is 0 Å². The van der Waals surface area contributed by atoms with Crippen molar-refractivity contribution in [1.82, 2.24) is 5.43 Å². The van der Waals surface area contributed by atoms with Gasteiger partial charge in [-0.2, -0.15) is 5.10 Å². The van der Waals surface area contributed by atoms with Crippen LogP contribution >= 0.6 is 0 Å². The first-order valence-corrected chi connectivity index (χ1v) is 3.90. The van der Waals surface area contributed by atoms with Gasteiger partial charge in [0.05, 0.1) is 6.54 Å². The highest BCUT2D eigenvalue weighted by Gasteiger charge is 1.92. The highest BCUT2D eigenvalue weighted by molar-refractivity contribution is 5.62. The summed E-state index contributed by atoms with van der Waals surface area (Å²) in [5.74, 6) is 0.420. The molecule has 1 rings (SSSR count). The molecule has 60 valence electrons. The first-order valence-electron chi connectivity index (χ1n) is 3.90. The Hall–Kier alpha value is -1.05. The molecule has 1 aliphatic heterocycles. The Morgan fingerprint density at radius 2 is 2.45 bits per heavy atom. The minimum Gasteiger partial charge on any atom is -0.307 e. The summed E-state index contributed by atoms with van der Waals surface area (Å²) in [6.07, 6.45) is 8.29. The van der Waals surface area contributed by atoms with Gasteiger partial charge < -0.3 is 5.43 Å². The Labute approximate surface area is 67.7 Å². The van der Waals surface area contributed by atoms with E-state index in [0.29, 0.717) is 5.92 Å². The summed E-state index contributed by atoms with van der Waals surface area (Å²) in [5, 5.41) is 4.04. The fourth-order valence-corrected chi connectivity index (χ4v) is 0.851. The van der Waals surface area contributed by atoms with Crippen molar-refractivity contribution in [2.75, 3.05) is 6.54 Å². The molecule has 0 aliphatic carbocycles. The van der Waals surface area contributed by atoms with Crippen LogP contribution in [0.15, 0.2) is 28.9 Å². The summed E-state index contributed by atoms with van der Waals surface area (Å²) in [6.45, 7) is 5.02. The van der Waals surface area contributed by atoms with Crippen LogP contribution in [-0.4, -0.2) is 12.8 Å². The Morgan fingerprint density at radius 3 is 3.27 bits per heavy atom. The molecular formula is C9H14N2. The van der Waals surface area contributed by atoms with Crippen LogP contribution in [0.2, 0.25) is 0 Å². The fraction of sp³-hybridized carbons (Fsp3) is 0.444. The van der Waals surface area contributed by atoms with Crippen LogP contribution in [0, 0.1) is 5.92 Å². The van der Waals surface area contributed by atoms with Gasteiger partial charge in [-0.3, -0.25) is 0 Å². The summed E-state index contributed by atoms with van der Waals surface area (Å²) in [5.41, 5.74) is 4.23. The smallest absolute Gasteiger partial charge is 0.0515 e. The van der Waals surface area contributed by atoms with Gasteiger partial charge in [-0.15, -0.1) is 0 Å². The summed E-state index contributed by atoms with van der Waals surface area (Å²) in [7, 11) is 0. The van der Waals surface area contributed by atoms with Gasteiger partial charge in [-0.05, 0) is 6.92 Å². The molecule has 2 heteroatoms. The molecule has 0 radical (unpaired) electrons. The highest BCUT2D eigenvalue weighted by atomic mass is 15.3. The minimum absolute atomic E-state index is 0.420. The van der Waals surface area contributed by atoms with Gasteiger partial charge >= 0.3 is 0 Å². The molecule has 0 aromatic carbocycles. The summed E-state index contributed by atoms with van der Waals surface area (Å²) >= 11 is 0.